The van der Waals surface area contributed by atoms with Gasteiger partial charge in [-0.1, -0.05) is 19.9 Å². The van der Waals surface area contributed by atoms with Crippen LogP contribution in [-0.2, 0) is 20.8 Å². The molecule has 1 spiro atoms. The van der Waals surface area contributed by atoms with E-state index in [0.717, 1.165) is 31.7 Å². The quantitative estimate of drug-likeness (QED) is 0.661. The molecule has 1 unspecified atom stereocenters. The van der Waals surface area contributed by atoms with Crippen LogP contribution in [0.15, 0.2) is 18.2 Å². The zero-order chi connectivity index (χ0) is 23.1. The summed E-state index contributed by atoms with van der Waals surface area (Å²) in [7, 11) is 7.53. The summed E-state index contributed by atoms with van der Waals surface area (Å²) in [5.74, 6) is 2.04. The summed E-state index contributed by atoms with van der Waals surface area (Å²) in [5, 5.41) is 3.45. The van der Waals surface area contributed by atoms with Gasteiger partial charge in [0.2, 0.25) is 5.91 Å². The summed E-state index contributed by atoms with van der Waals surface area (Å²) in [6, 6.07) is 6.70. The van der Waals surface area contributed by atoms with Crippen LogP contribution in [0.4, 0.5) is 0 Å². The summed E-state index contributed by atoms with van der Waals surface area (Å²) in [6.45, 7) is 6.72. The van der Waals surface area contributed by atoms with Crippen molar-refractivity contribution in [3.8, 4) is 5.75 Å². The summed E-state index contributed by atoms with van der Waals surface area (Å²) in [6.07, 6.45) is 3.85. The second-order valence-corrected chi connectivity index (χ2v) is 10.9. The minimum atomic E-state index is 0.0649. The lowest BCUT2D eigenvalue weighted by Crippen LogP contribution is -2.59. The third-order valence-electron chi connectivity index (χ3n) is 8.46. The predicted molar refractivity (Wildman–Crippen MR) is 125 cm³/mol. The first-order valence-corrected chi connectivity index (χ1v) is 11.9. The number of carbonyl (C=O) groups excluding carboxylic acids is 1. The molecule has 1 aliphatic heterocycles. The Labute approximate surface area is 193 Å². The smallest absolute Gasteiger partial charge is 0.222 e. The van der Waals surface area contributed by atoms with Crippen LogP contribution in [0, 0.1) is 22.7 Å². The SMILES string of the molecule is COCCC(=O)N[C@@H]1C(C)(C)[C@@H]2C[C@@H]3[C@@H](c4ccc(OC)c(CN(C)C)c4)OCCC31C2. The molecule has 1 aromatic rings. The highest BCUT2D eigenvalue weighted by Gasteiger charge is 2.68. The zero-order valence-corrected chi connectivity index (χ0v) is 20.6. The van der Waals surface area contributed by atoms with Gasteiger partial charge in [0.1, 0.15) is 5.75 Å². The maximum absolute atomic E-state index is 12.7. The fourth-order valence-corrected chi connectivity index (χ4v) is 6.98. The Bertz CT molecular complexity index is 839. The molecule has 178 valence electrons. The molecule has 1 aromatic carbocycles. The van der Waals surface area contributed by atoms with Crippen molar-refractivity contribution in [2.24, 2.45) is 22.7 Å². The summed E-state index contributed by atoms with van der Waals surface area (Å²) >= 11 is 0. The fraction of sp³-hybridized carbons (Fsp3) is 0.731. The van der Waals surface area contributed by atoms with Crippen LogP contribution in [0.2, 0.25) is 0 Å². The van der Waals surface area contributed by atoms with Crippen LogP contribution in [-0.4, -0.2) is 58.4 Å². The lowest BCUT2D eigenvalue weighted by atomic mass is 9.58. The van der Waals surface area contributed by atoms with Gasteiger partial charge < -0.3 is 24.4 Å². The van der Waals surface area contributed by atoms with Crippen molar-refractivity contribution in [1.82, 2.24) is 10.2 Å². The number of ether oxygens (including phenoxy) is 3. The van der Waals surface area contributed by atoms with Crippen LogP contribution in [0.3, 0.4) is 0 Å². The lowest BCUT2D eigenvalue weighted by molar-refractivity contribution is -0.137. The van der Waals surface area contributed by atoms with E-state index in [1.807, 2.05) is 0 Å². The number of nitrogens with one attached hydrogen (secondary N) is 1. The number of fused-ring (bicyclic) bond motifs is 1. The molecule has 2 aliphatic carbocycles. The monoisotopic (exact) mass is 444 g/mol. The average Bonchev–Trinajstić information content (AvgIpc) is 3.24. The Morgan fingerprint density at radius 3 is 2.75 bits per heavy atom. The van der Waals surface area contributed by atoms with E-state index >= 15 is 0 Å². The van der Waals surface area contributed by atoms with Gasteiger partial charge >= 0.3 is 0 Å². The van der Waals surface area contributed by atoms with Crippen molar-refractivity contribution in [2.75, 3.05) is 41.5 Å². The van der Waals surface area contributed by atoms with Crippen molar-refractivity contribution in [1.29, 1.82) is 0 Å². The van der Waals surface area contributed by atoms with Crippen LogP contribution in [0.5, 0.6) is 5.75 Å². The van der Waals surface area contributed by atoms with Crippen molar-refractivity contribution in [2.45, 2.75) is 58.2 Å². The molecular formula is C26H40N2O4. The number of hydrogen-bond acceptors (Lipinski definition) is 5. The molecule has 2 bridgehead atoms. The van der Waals surface area contributed by atoms with Crippen molar-refractivity contribution in [3.63, 3.8) is 0 Å². The molecule has 2 saturated carbocycles. The van der Waals surface area contributed by atoms with Gasteiger partial charge in [0.15, 0.2) is 0 Å². The van der Waals surface area contributed by atoms with Gasteiger partial charge in [0.05, 0.1) is 19.8 Å². The van der Waals surface area contributed by atoms with Crippen LogP contribution >= 0.6 is 0 Å². The second kappa shape index (κ2) is 8.96. The minimum Gasteiger partial charge on any atom is -0.496 e. The van der Waals surface area contributed by atoms with Gasteiger partial charge in [-0.05, 0) is 73.7 Å². The first-order valence-electron chi connectivity index (χ1n) is 11.9. The number of benzene rings is 1. The van der Waals surface area contributed by atoms with E-state index in [1.54, 1.807) is 14.2 Å². The molecule has 32 heavy (non-hydrogen) atoms. The van der Waals surface area contributed by atoms with E-state index in [-0.39, 0.29) is 28.9 Å². The number of methoxy groups -OCH3 is 2. The van der Waals surface area contributed by atoms with Crippen LogP contribution < -0.4 is 10.1 Å². The predicted octanol–water partition coefficient (Wildman–Crippen LogP) is 3.79. The van der Waals surface area contributed by atoms with E-state index in [4.69, 9.17) is 14.2 Å². The molecule has 1 saturated heterocycles. The van der Waals surface area contributed by atoms with E-state index in [9.17, 15) is 4.79 Å². The Kier molecular flexibility index (Phi) is 6.59. The number of nitrogens with zero attached hydrogens (tertiary/aromatic N) is 1. The van der Waals surface area contributed by atoms with E-state index in [1.165, 1.54) is 17.5 Å². The van der Waals surface area contributed by atoms with Gasteiger partial charge in [-0.15, -0.1) is 0 Å². The topological polar surface area (TPSA) is 60.0 Å². The summed E-state index contributed by atoms with van der Waals surface area (Å²) in [5.41, 5.74) is 2.62. The van der Waals surface area contributed by atoms with Gasteiger partial charge in [-0.2, -0.15) is 0 Å². The second-order valence-electron chi connectivity index (χ2n) is 10.9. The molecule has 5 atom stereocenters. The molecule has 6 nitrogen and oxygen atoms in total. The van der Waals surface area contributed by atoms with Gasteiger partial charge in [-0.3, -0.25) is 4.79 Å². The standard InChI is InChI=1S/C26H40N2O4/c1-25(2)19-14-20-23(17-7-8-21(31-6)18(13-17)16-28(3)4)32-12-10-26(20,15-19)24(25)27-22(29)9-11-30-5/h7-8,13,19-20,23-24H,9-12,14-16H2,1-6H3,(H,27,29)/t19-,20-,23-,24-,26?/m1/s1. The van der Waals surface area contributed by atoms with Crippen LogP contribution in [0.25, 0.3) is 0 Å². The molecule has 1 heterocycles. The maximum atomic E-state index is 12.7. The molecular weight excluding hydrogens is 404 g/mol. The highest BCUT2D eigenvalue weighted by Crippen LogP contribution is 2.70. The third-order valence-corrected chi connectivity index (χ3v) is 8.46. The number of rotatable bonds is 8. The fourth-order valence-electron chi connectivity index (χ4n) is 6.98. The minimum absolute atomic E-state index is 0.0649. The largest absolute Gasteiger partial charge is 0.496 e. The normalized spacial score (nSPS) is 32.7. The molecule has 4 rings (SSSR count). The van der Waals surface area contributed by atoms with Crippen molar-refractivity contribution in [3.05, 3.63) is 29.3 Å². The van der Waals surface area contributed by atoms with Crippen LogP contribution in [0.1, 0.15) is 56.8 Å². The first-order chi connectivity index (χ1) is 15.2. The van der Waals surface area contributed by atoms with Crippen molar-refractivity contribution < 1.29 is 19.0 Å². The maximum Gasteiger partial charge on any atom is 0.222 e. The van der Waals surface area contributed by atoms with Gasteiger partial charge in [0.25, 0.3) is 0 Å². The highest BCUT2D eigenvalue weighted by atomic mass is 16.5. The Morgan fingerprint density at radius 1 is 1.28 bits per heavy atom. The molecule has 3 fully saturated rings. The molecule has 6 heteroatoms. The lowest BCUT2D eigenvalue weighted by Gasteiger charge is -2.53. The third kappa shape index (κ3) is 3.95. The Balaban J connectivity index is 1.63. The molecule has 0 radical (unpaired) electrons. The number of carbonyl (C=O) groups is 1. The number of amides is 1. The summed E-state index contributed by atoms with van der Waals surface area (Å²) < 4.78 is 17.2. The molecule has 3 aliphatic rings. The Hall–Kier alpha value is -1.63. The van der Waals surface area contributed by atoms with Crippen molar-refractivity contribution >= 4 is 5.91 Å². The van der Waals surface area contributed by atoms with Gasteiger partial charge in [0, 0.05) is 38.3 Å². The van der Waals surface area contributed by atoms with E-state index in [0.29, 0.717) is 24.9 Å². The first kappa shape index (κ1) is 23.5. The zero-order valence-electron chi connectivity index (χ0n) is 20.6. The average molecular weight is 445 g/mol. The van der Waals surface area contributed by atoms with Gasteiger partial charge in [-0.25, -0.2) is 0 Å². The molecule has 0 aromatic heterocycles. The van der Waals surface area contributed by atoms with E-state index < -0.39 is 0 Å². The van der Waals surface area contributed by atoms with E-state index in [2.05, 4.69) is 56.4 Å². The summed E-state index contributed by atoms with van der Waals surface area (Å²) in [4.78, 5) is 14.9. The molecule has 1 N–H and O–H groups in total. The Morgan fingerprint density at radius 2 is 2.06 bits per heavy atom. The molecule has 1 amide bonds. The number of hydrogen-bond donors (Lipinski definition) is 1. The highest BCUT2D eigenvalue weighted by molar-refractivity contribution is 5.76.